The standard InChI is InChI=1S/C13H27N/c1-11-6-8-13(5,9-7-11)10-14-12(2,3)4/h11,14H,6-10H2,1-5H3. The fourth-order valence-corrected chi connectivity index (χ4v) is 2.11. The Kier molecular flexibility index (Phi) is 3.63. The molecule has 0 spiro atoms. The van der Waals surface area contributed by atoms with Crippen molar-refractivity contribution in [3.05, 3.63) is 0 Å². The molecule has 0 saturated heterocycles. The molecule has 1 heteroatoms. The molecule has 0 unspecified atom stereocenters. The van der Waals surface area contributed by atoms with Crippen LogP contribution < -0.4 is 5.32 Å². The van der Waals surface area contributed by atoms with Gasteiger partial charge in [0.15, 0.2) is 0 Å². The van der Waals surface area contributed by atoms with Crippen molar-refractivity contribution in [1.29, 1.82) is 0 Å². The van der Waals surface area contributed by atoms with E-state index in [0.717, 1.165) is 5.92 Å². The molecule has 1 rings (SSSR count). The van der Waals surface area contributed by atoms with E-state index in [1.54, 1.807) is 0 Å². The SMILES string of the molecule is CC1CCC(C)(CNC(C)(C)C)CC1. The third kappa shape index (κ3) is 4.00. The maximum atomic E-state index is 3.65. The van der Waals surface area contributed by atoms with Crippen LogP contribution in [0.4, 0.5) is 0 Å². The molecule has 0 aromatic rings. The van der Waals surface area contributed by atoms with Gasteiger partial charge >= 0.3 is 0 Å². The van der Waals surface area contributed by atoms with Crippen molar-refractivity contribution >= 4 is 0 Å². The van der Waals surface area contributed by atoms with E-state index in [-0.39, 0.29) is 5.54 Å². The number of hydrogen-bond donors (Lipinski definition) is 1. The van der Waals surface area contributed by atoms with Gasteiger partial charge in [-0.05, 0) is 44.9 Å². The van der Waals surface area contributed by atoms with Gasteiger partial charge in [0.2, 0.25) is 0 Å². The van der Waals surface area contributed by atoms with Crippen LogP contribution in [0.2, 0.25) is 0 Å². The average Bonchev–Trinajstić information content (AvgIpc) is 2.07. The van der Waals surface area contributed by atoms with Crippen molar-refractivity contribution in [2.45, 2.75) is 65.8 Å². The van der Waals surface area contributed by atoms with E-state index in [4.69, 9.17) is 0 Å². The summed E-state index contributed by atoms with van der Waals surface area (Å²) in [5, 5.41) is 3.65. The first-order valence-corrected chi connectivity index (χ1v) is 6.06. The van der Waals surface area contributed by atoms with Gasteiger partial charge in [-0.25, -0.2) is 0 Å². The largest absolute Gasteiger partial charge is 0.312 e. The molecule has 1 fully saturated rings. The molecule has 0 aliphatic heterocycles. The zero-order chi connectivity index (χ0) is 10.8. The highest BCUT2D eigenvalue weighted by molar-refractivity contribution is 4.85. The molecular formula is C13H27N. The summed E-state index contributed by atoms with van der Waals surface area (Å²) in [7, 11) is 0. The van der Waals surface area contributed by atoms with Crippen LogP contribution in [0, 0.1) is 11.3 Å². The van der Waals surface area contributed by atoms with Gasteiger partial charge in [0, 0.05) is 12.1 Å². The van der Waals surface area contributed by atoms with E-state index in [0.29, 0.717) is 5.41 Å². The average molecular weight is 197 g/mol. The molecule has 1 aliphatic rings. The Labute approximate surface area is 89.7 Å². The third-order valence-corrected chi connectivity index (χ3v) is 3.53. The quantitative estimate of drug-likeness (QED) is 0.713. The van der Waals surface area contributed by atoms with Crippen molar-refractivity contribution in [2.75, 3.05) is 6.54 Å². The second-order valence-electron chi connectivity index (χ2n) is 6.60. The van der Waals surface area contributed by atoms with Crippen LogP contribution in [0.15, 0.2) is 0 Å². The molecular weight excluding hydrogens is 170 g/mol. The van der Waals surface area contributed by atoms with Gasteiger partial charge in [-0.3, -0.25) is 0 Å². The molecule has 0 amide bonds. The molecule has 0 radical (unpaired) electrons. The van der Waals surface area contributed by atoms with Crippen LogP contribution in [-0.2, 0) is 0 Å². The minimum atomic E-state index is 0.270. The molecule has 0 bridgehead atoms. The van der Waals surface area contributed by atoms with E-state index in [9.17, 15) is 0 Å². The highest BCUT2D eigenvalue weighted by Gasteiger charge is 2.30. The van der Waals surface area contributed by atoms with Crippen LogP contribution in [-0.4, -0.2) is 12.1 Å². The van der Waals surface area contributed by atoms with Gasteiger partial charge in [-0.2, -0.15) is 0 Å². The fraction of sp³-hybridized carbons (Fsp3) is 1.00. The van der Waals surface area contributed by atoms with Gasteiger partial charge in [0.05, 0.1) is 0 Å². The second kappa shape index (κ2) is 4.22. The topological polar surface area (TPSA) is 12.0 Å². The number of rotatable bonds is 2. The zero-order valence-corrected chi connectivity index (χ0v) is 10.6. The monoisotopic (exact) mass is 197 g/mol. The van der Waals surface area contributed by atoms with Gasteiger partial charge in [-0.1, -0.05) is 26.7 Å². The van der Waals surface area contributed by atoms with Crippen molar-refractivity contribution in [3.63, 3.8) is 0 Å². The summed E-state index contributed by atoms with van der Waals surface area (Å²) in [5.41, 5.74) is 0.825. The molecule has 0 aromatic heterocycles. The van der Waals surface area contributed by atoms with Crippen molar-refractivity contribution in [2.24, 2.45) is 11.3 Å². The first-order valence-electron chi connectivity index (χ1n) is 6.06. The lowest BCUT2D eigenvalue weighted by molar-refractivity contribution is 0.160. The first kappa shape index (κ1) is 12.0. The Morgan fingerprint density at radius 1 is 1.21 bits per heavy atom. The minimum absolute atomic E-state index is 0.270. The molecule has 1 nitrogen and oxygen atoms in total. The van der Waals surface area contributed by atoms with E-state index in [2.05, 4.69) is 39.9 Å². The summed E-state index contributed by atoms with van der Waals surface area (Å²) in [6.07, 6.45) is 5.64. The Bertz CT molecular complexity index is 170. The minimum Gasteiger partial charge on any atom is -0.312 e. The maximum absolute atomic E-state index is 3.65. The highest BCUT2D eigenvalue weighted by atomic mass is 15.0. The third-order valence-electron chi connectivity index (χ3n) is 3.53. The summed E-state index contributed by atoms with van der Waals surface area (Å²) in [4.78, 5) is 0. The Balaban J connectivity index is 2.36. The summed E-state index contributed by atoms with van der Waals surface area (Å²) < 4.78 is 0. The van der Waals surface area contributed by atoms with E-state index >= 15 is 0 Å². The van der Waals surface area contributed by atoms with Gasteiger partial charge < -0.3 is 5.32 Å². The lowest BCUT2D eigenvalue weighted by atomic mass is 9.72. The van der Waals surface area contributed by atoms with Crippen molar-refractivity contribution in [1.82, 2.24) is 5.32 Å². The Morgan fingerprint density at radius 2 is 1.71 bits per heavy atom. The maximum Gasteiger partial charge on any atom is 0.00967 e. The smallest absolute Gasteiger partial charge is 0.00967 e. The lowest BCUT2D eigenvalue weighted by Gasteiger charge is -2.38. The molecule has 0 atom stereocenters. The van der Waals surface area contributed by atoms with Crippen LogP contribution in [0.5, 0.6) is 0 Å². The normalized spacial score (nSPS) is 34.5. The highest BCUT2D eigenvalue weighted by Crippen LogP contribution is 2.38. The summed E-state index contributed by atoms with van der Waals surface area (Å²) in [5.74, 6) is 0.956. The van der Waals surface area contributed by atoms with E-state index < -0.39 is 0 Å². The number of hydrogen-bond acceptors (Lipinski definition) is 1. The molecule has 1 aliphatic carbocycles. The first-order chi connectivity index (χ1) is 6.31. The summed E-state index contributed by atoms with van der Waals surface area (Å²) >= 11 is 0. The van der Waals surface area contributed by atoms with E-state index in [1.807, 2.05) is 0 Å². The molecule has 1 saturated carbocycles. The molecule has 14 heavy (non-hydrogen) atoms. The summed E-state index contributed by atoms with van der Waals surface area (Å²) in [6.45, 7) is 12.8. The van der Waals surface area contributed by atoms with Crippen LogP contribution in [0.25, 0.3) is 0 Å². The zero-order valence-electron chi connectivity index (χ0n) is 10.6. The molecule has 0 aromatic carbocycles. The Morgan fingerprint density at radius 3 is 2.14 bits per heavy atom. The van der Waals surface area contributed by atoms with Gasteiger partial charge in [0.25, 0.3) is 0 Å². The molecule has 0 heterocycles. The van der Waals surface area contributed by atoms with Crippen molar-refractivity contribution < 1.29 is 0 Å². The van der Waals surface area contributed by atoms with Crippen molar-refractivity contribution in [3.8, 4) is 0 Å². The van der Waals surface area contributed by atoms with Crippen LogP contribution in [0.1, 0.15) is 60.3 Å². The van der Waals surface area contributed by atoms with Gasteiger partial charge in [0.1, 0.15) is 0 Å². The van der Waals surface area contributed by atoms with Crippen LogP contribution in [0.3, 0.4) is 0 Å². The molecule has 1 N–H and O–H groups in total. The predicted octanol–water partition coefficient (Wildman–Crippen LogP) is 3.59. The molecule has 84 valence electrons. The fourth-order valence-electron chi connectivity index (χ4n) is 2.11. The van der Waals surface area contributed by atoms with E-state index in [1.165, 1.54) is 32.2 Å². The predicted molar refractivity (Wildman–Crippen MR) is 63.5 cm³/mol. The number of nitrogens with one attached hydrogen (secondary N) is 1. The second-order valence-corrected chi connectivity index (χ2v) is 6.60. The Hall–Kier alpha value is -0.0400. The summed E-state index contributed by atoms with van der Waals surface area (Å²) in [6, 6.07) is 0. The van der Waals surface area contributed by atoms with Crippen LogP contribution >= 0.6 is 0 Å². The lowest BCUT2D eigenvalue weighted by Crippen LogP contribution is -2.44. The van der Waals surface area contributed by atoms with Gasteiger partial charge in [-0.15, -0.1) is 0 Å².